The van der Waals surface area contributed by atoms with E-state index in [0.717, 1.165) is 0 Å². The number of halogens is 2. The van der Waals surface area contributed by atoms with Crippen LogP contribution in [0.25, 0.3) is 10.8 Å². The van der Waals surface area contributed by atoms with Gasteiger partial charge in [-0.25, -0.2) is 0 Å². The Labute approximate surface area is 156 Å². The molecule has 0 fully saturated rings. The first kappa shape index (κ1) is 32.5. The van der Waals surface area contributed by atoms with Gasteiger partial charge in [0, 0.05) is 0 Å². The molecule has 1 aromatic heterocycles. The summed E-state index contributed by atoms with van der Waals surface area (Å²) in [6.45, 7) is 0. The minimum atomic E-state index is 0. The largest absolute Gasteiger partial charge is 0.484 e. The number of benzene rings is 1. The monoisotopic (exact) mass is 374 g/mol. The smallest absolute Gasteiger partial charge is 0.0809 e. The fraction of sp³-hybridized carbons (Fsp3) is 0. The van der Waals surface area contributed by atoms with Crippen molar-refractivity contribution >= 4 is 43.2 Å². The van der Waals surface area contributed by atoms with Crippen LogP contribution in [0.3, 0.4) is 0 Å². The molecule has 0 unspecified atom stereocenters. The van der Waals surface area contributed by atoms with E-state index in [1.54, 1.807) is 19.2 Å². The molecule has 118 valence electrons. The molecule has 0 aliphatic heterocycles. The summed E-state index contributed by atoms with van der Waals surface area (Å²) in [5, 5.41) is 2.66. The molecule has 1 N–H and O–H groups in total. The van der Waals surface area contributed by atoms with Crippen LogP contribution in [0.1, 0.15) is 0 Å². The standard InChI is InChI=1S/C9H7.C4H4N.3CH3.2ClH.Si.Ti/c1-2-5-9-7-3-6-8(9)4-1;1-2-4-5-3-1;;;;;;;/h1-7H;1-3,5H;3*1H3;2*1H;;/q5*-1;;;;. The molecule has 1 nitrogen and oxygen atoms in total. The Bertz CT molecular complexity index is 450. The Morgan fingerprint density at radius 1 is 0.952 bits per heavy atom. The summed E-state index contributed by atoms with van der Waals surface area (Å²) in [4.78, 5) is 2.74. The first-order valence-electron chi connectivity index (χ1n) is 4.82. The summed E-state index contributed by atoms with van der Waals surface area (Å²) >= 11 is 1.81. The van der Waals surface area contributed by atoms with Crippen molar-refractivity contribution in [3.05, 3.63) is 89.3 Å². The van der Waals surface area contributed by atoms with Crippen molar-refractivity contribution in [1.82, 2.24) is 4.98 Å². The zero-order chi connectivity index (χ0) is 11.6. The molecule has 0 saturated carbocycles. The van der Waals surface area contributed by atoms with Gasteiger partial charge in [-0.15, -0.1) is 60.7 Å². The van der Waals surface area contributed by atoms with Crippen molar-refractivity contribution < 1.29 is 19.2 Å². The zero-order valence-electron chi connectivity index (χ0n) is 12.6. The molecular formula is C16H22Cl2NSiTi-5. The third-order valence-electron chi connectivity index (χ3n) is 1.99. The maximum Gasteiger partial charge on any atom is -0.0809 e. The number of aromatic amines is 1. The van der Waals surface area contributed by atoms with E-state index in [-0.39, 0.29) is 47.1 Å². The van der Waals surface area contributed by atoms with Gasteiger partial charge in [0.05, 0.1) is 0 Å². The van der Waals surface area contributed by atoms with Crippen molar-refractivity contribution in [2.24, 2.45) is 0 Å². The van der Waals surface area contributed by atoms with E-state index in [2.05, 4.69) is 61.3 Å². The first-order chi connectivity index (χ1) is 7.97. The predicted octanol–water partition coefficient (Wildman–Crippen LogP) is 5.18. The van der Waals surface area contributed by atoms with Gasteiger partial charge in [0.15, 0.2) is 0 Å². The summed E-state index contributed by atoms with van der Waals surface area (Å²) in [5.41, 5.74) is 0. The average Bonchev–Trinajstić information content (AvgIpc) is 3.06. The molecule has 3 aromatic rings. The topological polar surface area (TPSA) is 15.8 Å². The number of fused-ring (bicyclic) bond motifs is 1. The van der Waals surface area contributed by atoms with Crippen LogP contribution in [0.4, 0.5) is 0 Å². The minimum absolute atomic E-state index is 0. The molecule has 0 spiro atoms. The fourth-order valence-electron chi connectivity index (χ4n) is 1.31. The van der Waals surface area contributed by atoms with Gasteiger partial charge in [0.2, 0.25) is 0 Å². The van der Waals surface area contributed by atoms with Crippen molar-refractivity contribution in [2.75, 3.05) is 0 Å². The maximum atomic E-state index is 2.97. The van der Waals surface area contributed by atoms with Gasteiger partial charge in [0.1, 0.15) is 0 Å². The minimum Gasteiger partial charge on any atom is -0.484 e. The number of aromatic nitrogens is 1. The predicted molar refractivity (Wildman–Crippen MR) is 98.7 cm³/mol. The summed E-state index contributed by atoms with van der Waals surface area (Å²) in [6, 6.07) is 18.4. The van der Waals surface area contributed by atoms with E-state index < -0.39 is 0 Å². The number of hydrogen-bond donors (Lipinski definition) is 1. The van der Waals surface area contributed by atoms with Crippen LogP contribution in [0.15, 0.2) is 60.8 Å². The third kappa shape index (κ3) is 13.0. The second-order valence-electron chi connectivity index (χ2n) is 2.97. The molecule has 21 heavy (non-hydrogen) atoms. The Kier molecular flexibility index (Phi) is 33.9. The Balaban J connectivity index is -0.0000000639. The number of nitrogens with one attached hydrogen (secondary N) is 1. The van der Waals surface area contributed by atoms with Gasteiger partial charge < -0.3 is 27.3 Å². The summed E-state index contributed by atoms with van der Waals surface area (Å²) in [6.07, 6.45) is 4.56. The molecule has 0 aliphatic carbocycles. The van der Waals surface area contributed by atoms with E-state index in [9.17, 15) is 0 Å². The van der Waals surface area contributed by atoms with Gasteiger partial charge in [-0.3, -0.25) is 0 Å². The number of hydrogen-bond acceptors (Lipinski definition) is 0. The van der Waals surface area contributed by atoms with Crippen LogP contribution in [-0.2, 0) is 19.2 Å². The second kappa shape index (κ2) is 21.9. The normalized spacial score (nSPS) is 6.43. The van der Waals surface area contributed by atoms with E-state index in [1.807, 2.05) is 18.3 Å². The molecule has 2 aromatic carbocycles. The van der Waals surface area contributed by atoms with Gasteiger partial charge in [-0.05, 0) is 0 Å². The van der Waals surface area contributed by atoms with Crippen molar-refractivity contribution in [1.29, 1.82) is 0 Å². The van der Waals surface area contributed by atoms with Gasteiger partial charge in [-0.2, -0.15) is 35.8 Å². The average molecular weight is 375 g/mol. The van der Waals surface area contributed by atoms with E-state index in [0.29, 0.717) is 0 Å². The first-order valence-corrected chi connectivity index (χ1v) is 7.66. The molecule has 2 radical (unpaired) electrons. The van der Waals surface area contributed by atoms with Crippen LogP contribution >= 0.6 is 24.8 Å². The summed E-state index contributed by atoms with van der Waals surface area (Å²) in [7, 11) is 2.97. The van der Waals surface area contributed by atoms with E-state index in [1.165, 1.54) is 10.8 Å². The Morgan fingerprint density at radius 2 is 1.57 bits per heavy atom. The van der Waals surface area contributed by atoms with Crippen LogP contribution < -0.4 is 0 Å². The Morgan fingerprint density at radius 3 is 2.00 bits per heavy atom. The number of H-pyrrole nitrogens is 1. The maximum absolute atomic E-state index is 2.97. The molecule has 0 bridgehead atoms. The van der Waals surface area contributed by atoms with Crippen LogP contribution in [-0.4, -0.2) is 12.6 Å². The molecule has 1 heterocycles. The molecular weight excluding hydrogens is 353 g/mol. The molecule has 3 rings (SSSR count). The summed E-state index contributed by atoms with van der Waals surface area (Å²) in [5.74, 6) is 0. The Hall–Kier alpha value is -0.379. The van der Waals surface area contributed by atoms with Crippen molar-refractivity contribution in [3.63, 3.8) is 0 Å². The fourth-order valence-corrected chi connectivity index (χ4v) is 1.31. The van der Waals surface area contributed by atoms with Gasteiger partial charge in [-0.1, -0.05) is 6.07 Å². The van der Waals surface area contributed by atoms with E-state index >= 15 is 0 Å². The van der Waals surface area contributed by atoms with Crippen molar-refractivity contribution in [3.8, 4) is 0 Å². The zero-order valence-corrected chi connectivity index (χ0v) is 16.8. The quantitative estimate of drug-likeness (QED) is 0.412. The number of rotatable bonds is 0. The molecule has 0 aliphatic rings. The third-order valence-corrected chi connectivity index (χ3v) is 1.99. The van der Waals surface area contributed by atoms with Crippen molar-refractivity contribution in [2.45, 2.75) is 0 Å². The van der Waals surface area contributed by atoms with Gasteiger partial charge in [0.25, 0.3) is 0 Å². The van der Waals surface area contributed by atoms with Crippen LogP contribution in [0, 0.1) is 28.5 Å². The molecule has 5 heteroatoms. The van der Waals surface area contributed by atoms with Gasteiger partial charge >= 0.3 is 26.8 Å². The van der Waals surface area contributed by atoms with E-state index in [4.69, 9.17) is 0 Å². The van der Waals surface area contributed by atoms with Crippen LogP contribution in [0.5, 0.6) is 0 Å². The molecule has 0 saturated heterocycles. The second-order valence-corrected chi connectivity index (χ2v) is 2.97. The summed E-state index contributed by atoms with van der Waals surface area (Å²) < 4.78 is 0. The molecule has 0 amide bonds. The van der Waals surface area contributed by atoms with Crippen LogP contribution in [0.2, 0.25) is 0 Å². The SMILES string of the molecule is Cl.Cl.[CH3-].[CH3-].[CH3-].[Si]=[Ti].[c-]1ccc[nH]1.c1ccc2[cH-]ccc2c1. The molecule has 0 atom stereocenters.